The van der Waals surface area contributed by atoms with E-state index < -0.39 is 0 Å². The number of carbonyl (C=O) groups is 1. The fourth-order valence-electron chi connectivity index (χ4n) is 3.69. The highest BCUT2D eigenvalue weighted by Crippen LogP contribution is 2.24. The molecule has 0 bridgehead atoms. The molecule has 0 saturated heterocycles. The second-order valence-electron chi connectivity index (χ2n) is 7.62. The summed E-state index contributed by atoms with van der Waals surface area (Å²) in [5.41, 5.74) is 10.8. The molecule has 0 aliphatic heterocycles. The third-order valence-corrected chi connectivity index (χ3v) is 5.28. The molecule has 6 heteroatoms. The highest BCUT2D eigenvalue weighted by atomic mass is 16.5. The number of fused-ring (bicyclic) bond motifs is 1. The standard InChI is InChI=1S/C24H32N4O2/c1-3-30-22-13-10-18(11-14-22)17(2)27-23(29)8-5-15-26-24(25)28-21-12-9-19-6-4-7-20(19)16-21/h9-14,16-17H,3-8,15H2,1-2H3,(H,27,29)(H3,25,26,28). The van der Waals surface area contributed by atoms with Crippen LogP contribution in [-0.4, -0.2) is 25.0 Å². The monoisotopic (exact) mass is 408 g/mol. The van der Waals surface area contributed by atoms with Gasteiger partial charge in [0.15, 0.2) is 5.96 Å². The summed E-state index contributed by atoms with van der Waals surface area (Å²) in [6.07, 6.45) is 4.58. The molecule has 2 aromatic rings. The quantitative estimate of drug-likeness (QED) is 0.333. The van der Waals surface area contributed by atoms with Gasteiger partial charge < -0.3 is 21.1 Å². The predicted molar refractivity (Wildman–Crippen MR) is 122 cm³/mol. The van der Waals surface area contributed by atoms with E-state index in [9.17, 15) is 4.79 Å². The van der Waals surface area contributed by atoms with Gasteiger partial charge in [-0.3, -0.25) is 9.79 Å². The van der Waals surface area contributed by atoms with Crippen LogP contribution in [0.25, 0.3) is 0 Å². The number of ether oxygens (including phenoxy) is 1. The maximum absolute atomic E-state index is 12.2. The maximum atomic E-state index is 12.2. The largest absolute Gasteiger partial charge is 0.494 e. The minimum atomic E-state index is -0.0526. The zero-order valence-corrected chi connectivity index (χ0v) is 17.9. The van der Waals surface area contributed by atoms with Crippen molar-refractivity contribution in [3.8, 4) is 5.75 Å². The van der Waals surface area contributed by atoms with Gasteiger partial charge in [0.25, 0.3) is 0 Å². The Morgan fingerprint density at radius 3 is 2.70 bits per heavy atom. The lowest BCUT2D eigenvalue weighted by molar-refractivity contribution is -0.121. The molecule has 0 radical (unpaired) electrons. The summed E-state index contributed by atoms with van der Waals surface area (Å²) < 4.78 is 5.45. The number of benzene rings is 2. The number of aryl methyl sites for hydroxylation is 2. The average Bonchev–Trinajstić information content (AvgIpc) is 3.20. The van der Waals surface area contributed by atoms with Crippen molar-refractivity contribution in [2.75, 3.05) is 18.5 Å². The van der Waals surface area contributed by atoms with Crippen LogP contribution in [-0.2, 0) is 17.6 Å². The van der Waals surface area contributed by atoms with Crippen molar-refractivity contribution >= 4 is 17.6 Å². The summed E-state index contributed by atoms with van der Waals surface area (Å²) in [5, 5.41) is 6.17. The van der Waals surface area contributed by atoms with Crippen molar-refractivity contribution in [2.24, 2.45) is 10.7 Å². The molecule has 0 aromatic heterocycles. The van der Waals surface area contributed by atoms with Crippen LogP contribution in [0.15, 0.2) is 47.5 Å². The van der Waals surface area contributed by atoms with E-state index in [4.69, 9.17) is 10.5 Å². The van der Waals surface area contributed by atoms with Crippen molar-refractivity contribution in [3.05, 3.63) is 59.2 Å². The van der Waals surface area contributed by atoms with Crippen molar-refractivity contribution < 1.29 is 9.53 Å². The molecule has 0 saturated carbocycles. The molecule has 3 rings (SSSR count). The van der Waals surface area contributed by atoms with Crippen LogP contribution < -0.4 is 21.1 Å². The van der Waals surface area contributed by atoms with E-state index in [1.807, 2.05) is 44.2 Å². The summed E-state index contributed by atoms with van der Waals surface area (Å²) in [7, 11) is 0. The normalized spacial score (nSPS) is 14.1. The Hall–Kier alpha value is -3.02. The highest BCUT2D eigenvalue weighted by Gasteiger charge is 2.11. The molecular formula is C24H32N4O2. The summed E-state index contributed by atoms with van der Waals surface area (Å²) in [6, 6.07) is 14.1. The number of nitrogens with zero attached hydrogens (tertiary/aromatic N) is 1. The Kier molecular flexibility index (Phi) is 7.71. The van der Waals surface area contributed by atoms with E-state index in [1.54, 1.807) is 0 Å². The van der Waals surface area contributed by atoms with Crippen molar-refractivity contribution in [1.29, 1.82) is 0 Å². The molecule has 0 fully saturated rings. The van der Waals surface area contributed by atoms with Crippen LogP contribution in [0.4, 0.5) is 5.69 Å². The molecule has 1 unspecified atom stereocenters. The Morgan fingerprint density at radius 1 is 1.17 bits per heavy atom. The van der Waals surface area contributed by atoms with Gasteiger partial charge in [-0.05, 0) is 80.5 Å². The Labute approximate surface area is 178 Å². The summed E-state index contributed by atoms with van der Waals surface area (Å²) in [5.74, 6) is 1.23. The number of carbonyl (C=O) groups excluding carboxylic acids is 1. The molecule has 1 aliphatic rings. The van der Waals surface area contributed by atoms with Crippen LogP contribution >= 0.6 is 0 Å². The highest BCUT2D eigenvalue weighted by molar-refractivity contribution is 5.92. The number of amides is 1. The topological polar surface area (TPSA) is 88.7 Å². The number of guanidine groups is 1. The first-order valence-electron chi connectivity index (χ1n) is 10.8. The van der Waals surface area contributed by atoms with Crippen LogP contribution in [0, 0.1) is 0 Å². The average molecular weight is 409 g/mol. The van der Waals surface area contributed by atoms with E-state index in [0.29, 0.717) is 32.0 Å². The molecule has 0 heterocycles. The van der Waals surface area contributed by atoms with Crippen molar-refractivity contribution in [1.82, 2.24) is 5.32 Å². The first kappa shape index (κ1) is 21.7. The number of rotatable bonds is 9. The molecule has 30 heavy (non-hydrogen) atoms. The van der Waals surface area contributed by atoms with Crippen LogP contribution in [0.5, 0.6) is 5.75 Å². The lowest BCUT2D eigenvalue weighted by Crippen LogP contribution is -2.26. The number of aliphatic imine (C=N–C) groups is 1. The number of anilines is 1. The molecule has 160 valence electrons. The van der Waals surface area contributed by atoms with Gasteiger partial charge in [0.2, 0.25) is 5.91 Å². The zero-order valence-electron chi connectivity index (χ0n) is 17.9. The number of hydrogen-bond donors (Lipinski definition) is 3. The minimum absolute atomic E-state index is 0.0109. The molecular weight excluding hydrogens is 376 g/mol. The lowest BCUT2D eigenvalue weighted by atomic mass is 10.1. The second-order valence-corrected chi connectivity index (χ2v) is 7.62. The fourth-order valence-corrected chi connectivity index (χ4v) is 3.69. The van der Waals surface area contributed by atoms with E-state index >= 15 is 0 Å². The zero-order chi connectivity index (χ0) is 21.3. The summed E-state index contributed by atoms with van der Waals surface area (Å²) in [6.45, 7) is 5.08. The maximum Gasteiger partial charge on any atom is 0.220 e. The van der Waals surface area contributed by atoms with Gasteiger partial charge in [-0.2, -0.15) is 0 Å². The molecule has 1 amide bonds. The van der Waals surface area contributed by atoms with E-state index in [2.05, 4.69) is 27.8 Å². The number of nitrogens with two attached hydrogens (primary N) is 1. The SMILES string of the molecule is CCOc1ccc(C(C)NC(=O)CCCN=C(N)Nc2ccc3c(c2)CCC3)cc1. The van der Waals surface area contributed by atoms with Gasteiger partial charge in [-0.1, -0.05) is 18.2 Å². The lowest BCUT2D eigenvalue weighted by Gasteiger charge is -2.15. The van der Waals surface area contributed by atoms with E-state index in [1.165, 1.54) is 24.0 Å². The van der Waals surface area contributed by atoms with Crippen LogP contribution in [0.1, 0.15) is 55.8 Å². The molecule has 1 atom stereocenters. The van der Waals surface area contributed by atoms with Gasteiger partial charge in [0, 0.05) is 18.7 Å². The van der Waals surface area contributed by atoms with Crippen molar-refractivity contribution in [3.63, 3.8) is 0 Å². The fraction of sp³-hybridized carbons (Fsp3) is 0.417. The first-order chi connectivity index (χ1) is 14.5. The van der Waals surface area contributed by atoms with Gasteiger partial charge in [0.05, 0.1) is 12.6 Å². The second kappa shape index (κ2) is 10.7. The number of nitrogens with one attached hydrogen (secondary N) is 2. The molecule has 0 spiro atoms. The molecule has 2 aromatic carbocycles. The van der Waals surface area contributed by atoms with Gasteiger partial charge in [0.1, 0.15) is 5.75 Å². The number of hydrogen-bond acceptors (Lipinski definition) is 3. The molecule has 6 nitrogen and oxygen atoms in total. The Morgan fingerprint density at radius 2 is 1.93 bits per heavy atom. The molecule has 4 N–H and O–H groups in total. The molecule has 1 aliphatic carbocycles. The summed E-state index contributed by atoms with van der Waals surface area (Å²) in [4.78, 5) is 16.5. The Bertz CT molecular complexity index is 877. The smallest absolute Gasteiger partial charge is 0.220 e. The minimum Gasteiger partial charge on any atom is -0.494 e. The van der Waals surface area contributed by atoms with Crippen LogP contribution in [0.3, 0.4) is 0 Å². The predicted octanol–water partition coefficient (Wildman–Crippen LogP) is 3.96. The van der Waals surface area contributed by atoms with Gasteiger partial charge in [-0.15, -0.1) is 0 Å². The van der Waals surface area contributed by atoms with Crippen LogP contribution in [0.2, 0.25) is 0 Å². The van der Waals surface area contributed by atoms with E-state index in [-0.39, 0.29) is 11.9 Å². The van der Waals surface area contributed by atoms with E-state index in [0.717, 1.165) is 23.4 Å². The van der Waals surface area contributed by atoms with Crippen molar-refractivity contribution in [2.45, 2.75) is 52.0 Å². The third kappa shape index (κ3) is 6.24. The third-order valence-electron chi connectivity index (χ3n) is 5.28. The summed E-state index contributed by atoms with van der Waals surface area (Å²) >= 11 is 0. The van der Waals surface area contributed by atoms with Gasteiger partial charge in [-0.25, -0.2) is 0 Å². The Balaban J connectivity index is 1.38. The first-order valence-corrected chi connectivity index (χ1v) is 10.8. The van der Waals surface area contributed by atoms with Gasteiger partial charge >= 0.3 is 0 Å².